The number of halogens is 3. The standard InChI is InChI=1S/C23H19F3N4S/c24-23(25,26)16-4-3-5-17(12-16)29-8-10-30(11-9-29)22-14-27-13-20(28-22)19-15-31-21-7-2-1-6-18(19)21/h1-7,12-15H,8-11H2. The number of alkyl halides is 3. The van der Waals surface area contributed by atoms with Crippen LogP contribution in [0.5, 0.6) is 0 Å². The lowest BCUT2D eigenvalue weighted by Crippen LogP contribution is -2.47. The minimum Gasteiger partial charge on any atom is -0.368 e. The molecule has 2 aromatic heterocycles. The average molecular weight is 440 g/mol. The SMILES string of the molecule is FC(F)(F)c1cccc(N2CCN(c3cncc(-c4csc5ccccc45)n3)CC2)c1. The van der Waals surface area contributed by atoms with Crippen LogP contribution < -0.4 is 9.80 Å². The minimum absolute atomic E-state index is 0.596. The van der Waals surface area contributed by atoms with Gasteiger partial charge in [-0.3, -0.25) is 4.98 Å². The van der Waals surface area contributed by atoms with Gasteiger partial charge < -0.3 is 9.80 Å². The van der Waals surface area contributed by atoms with E-state index in [0.717, 1.165) is 28.5 Å². The van der Waals surface area contributed by atoms with Crippen LogP contribution in [0.4, 0.5) is 24.7 Å². The minimum atomic E-state index is -4.33. The van der Waals surface area contributed by atoms with Crippen LogP contribution in [0.1, 0.15) is 5.56 Å². The van der Waals surface area contributed by atoms with Gasteiger partial charge in [0.15, 0.2) is 0 Å². The molecule has 0 atom stereocenters. The van der Waals surface area contributed by atoms with Crippen LogP contribution in [-0.4, -0.2) is 36.1 Å². The third kappa shape index (κ3) is 3.95. The predicted octanol–water partition coefficient (Wildman–Crippen LogP) is 5.70. The Morgan fingerprint density at radius 2 is 1.65 bits per heavy atom. The topological polar surface area (TPSA) is 32.3 Å². The summed E-state index contributed by atoms with van der Waals surface area (Å²) >= 11 is 1.68. The van der Waals surface area contributed by atoms with Crippen molar-refractivity contribution in [2.24, 2.45) is 0 Å². The Hall–Kier alpha value is -3.13. The van der Waals surface area contributed by atoms with Gasteiger partial charge in [-0.1, -0.05) is 24.3 Å². The van der Waals surface area contributed by atoms with E-state index in [1.165, 1.54) is 16.8 Å². The van der Waals surface area contributed by atoms with Crippen molar-refractivity contribution in [1.29, 1.82) is 0 Å². The molecule has 3 heterocycles. The molecule has 4 nitrogen and oxygen atoms in total. The number of hydrogen-bond donors (Lipinski definition) is 0. The van der Waals surface area contributed by atoms with Crippen molar-refractivity contribution in [3.63, 3.8) is 0 Å². The Balaban J connectivity index is 1.33. The first-order chi connectivity index (χ1) is 15.0. The van der Waals surface area contributed by atoms with Gasteiger partial charge in [-0.15, -0.1) is 11.3 Å². The third-order valence-corrected chi connectivity index (χ3v) is 6.48. The molecule has 1 aliphatic rings. The molecule has 0 spiro atoms. The zero-order valence-electron chi connectivity index (χ0n) is 16.5. The number of anilines is 2. The van der Waals surface area contributed by atoms with Crippen molar-refractivity contribution in [3.05, 3.63) is 71.9 Å². The second-order valence-corrected chi connectivity index (χ2v) is 8.34. The molecule has 4 aromatic rings. The lowest BCUT2D eigenvalue weighted by molar-refractivity contribution is -0.137. The van der Waals surface area contributed by atoms with E-state index >= 15 is 0 Å². The van der Waals surface area contributed by atoms with Gasteiger partial charge in [0.25, 0.3) is 0 Å². The van der Waals surface area contributed by atoms with Gasteiger partial charge in [-0.25, -0.2) is 4.98 Å². The van der Waals surface area contributed by atoms with Crippen LogP contribution in [0.2, 0.25) is 0 Å². The Morgan fingerprint density at radius 3 is 2.45 bits per heavy atom. The van der Waals surface area contributed by atoms with E-state index in [0.29, 0.717) is 31.9 Å². The van der Waals surface area contributed by atoms with E-state index in [9.17, 15) is 13.2 Å². The normalized spacial score (nSPS) is 14.9. The van der Waals surface area contributed by atoms with Gasteiger partial charge >= 0.3 is 6.18 Å². The summed E-state index contributed by atoms with van der Waals surface area (Å²) in [4.78, 5) is 13.4. The first-order valence-corrected chi connectivity index (χ1v) is 10.8. The number of aromatic nitrogens is 2. The lowest BCUT2D eigenvalue weighted by atomic mass is 10.1. The highest BCUT2D eigenvalue weighted by molar-refractivity contribution is 7.17. The molecule has 1 aliphatic heterocycles. The van der Waals surface area contributed by atoms with Crippen LogP contribution in [0.3, 0.4) is 0 Å². The highest BCUT2D eigenvalue weighted by atomic mass is 32.1. The summed E-state index contributed by atoms with van der Waals surface area (Å²) in [5.74, 6) is 0.788. The molecule has 0 saturated carbocycles. The Morgan fingerprint density at radius 1 is 0.871 bits per heavy atom. The molecule has 0 bridgehead atoms. The molecule has 0 amide bonds. The van der Waals surface area contributed by atoms with E-state index in [4.69, 9.17) is 4.98 Å². The summed E-state index contributed by atoms with van der Waals surface area (Å²) in [6, 6.07) is 13.7. The van der Waals surface area contributed by atoms with Gasteiger partial charge in [0.1, 0.15) is 5.82 Å². The Kier molecular flexibility index (Phi) is 5.02. The van der Waals surface area contributed by atoms with E-state index in [1.54, 1.807) is 29.8 Å². The maximum atomic E-state index is 13.0. The maximum absolute atomic E-state index is 13.0. The van der Waals surface area contributed by atoms with Crippen molar-refractivity contribution < 1.29 is 13.2 Å². The zero-order valence-corrected chi connectivity index (χ0v) is 17.3. The van der Waals surface area contributed by atoms with Crippen molar-refractivity contribution in [2.45, 2.75) is 6.18 Å². The largest absolute Gasteiger partial charge is 0.416 e. The molecule has 31 heavy (non-hydrogen) atoms. The van der Waals surface area contributed by atoms with Gasteiger partial charge in [0.2, 0.25) is 0 Å². The number of benzene rings is 2. The molecular weight excluding hydrogens is 421 g/mol. The number of piperazine rings is 1. The second-order valence-electron chi connectivity index (χ2n) is 7.43. The summed E-state index contributed by atoms with van der Waals surface area (Å²) in [6.07, 6.45) is -0.811. The molecule has 0 N–H and O–H groups in total. The first-order valence-electron chi connectivity index (χ1n) is 9.95. The van der Waals surface area contributed by atoms with Crippen molar-refractivity contribution >= 4 is 32.9 Å². The van der Waals surface area contributed by atoms with Crippen LogP contribution >= 0.6 is 11.3 Å². The summed E-state index contributed by atoms with van der Waals surface area (Å²) < 4.78 is 40.3. The van der Waals surface area contributed by atoms with Crippen LogP contribution in [0.25, 0.3) is 21.3 Å². The number of fused-ring (bicyclic) bond motifs is 1. The van der Waals surface area contributed by atoms with Crippen molar-refractivity contribution in [3.8, 4) is 11.3 Å². The quantitative estimate of drug-likeness (QED) is 0.409. The molecule has 158 valence electrons. The van der Waals surface area contributed by atoms with Crippen LogP contribution in [0, 0.1) is 0 Å². The predicted molar refractivity (Wildman–Crippen MR) is 119 cm³/mol. The summed E-state index contributed by atoms with van der Waals surface area (Å²) in [6.45, 7) is 2.57. The van der Waals surface area contributed by atoms with Crippen molar-refractivity contribution in [1.82, 2.24) is 9.97 Å². The van der Waals surface area contributed by atoms with E-state index in [-0.39, 0.29) is 0 Å². The summed E-state index contributed by atoms with van der Waals surface area (Å²) in [5.41, 5.74) is 1.88. The van der Waals surface area contributed by atoms with Gasteiger partial charge in [0.05, 0.1) is 23.7 Å². The first kappa shape index (κ1) is 19.8. The van der Waals surface area contributed by atoms with E-state index < -0.39 is 11.7 Å². The fraction of sp³-hybridized carbons (Fsp3) is 0.217. The molecule has 1 saturated heterocycles. The molecule has 5 rings (SSSR count). The average Bonchev–Trinajstić information content (AvgIpc) is 3.23. The van der Waals surface area contributed by atoms with Crippen molar-refractivity contribution in [2.75, 3.05) is 36.0 Å². The molecule has 0 unspecified atom stereocenters. The number of hydrogen-bond acceptors (Lipinski definition) is 5. The molecular formula is C23H19F3N4S. The highest BCUT2D eigenvalue weighted by Crippen LogP contribution is 2.34. The fourth-order valence-corrected chi connectivity index (χ4v) is 4.84. The number of thiophene rings is 1. The van der Waals surface area contributed by atoms with Crippen LogP contribution in [-0.2, 0) is 6.18 Å². The summed E-state index contributed by atoms with van der Waals surface area (Å²) in [7, 11) is 0. The van der Waals surface area contributed by atoms with Crippen LogP contribution in [0.15, 0.2) is 66.3 Å². The molecule has 0 radical (unpaired) electrons. The third-order valence-electron chi connectivity index (χ3n) is 5.52. The summed E-state index contributed by atoms with van der Waals surface area (Å²) in [5, 5.41) is 3.26. The Bertz CT molecular complexity index is 1210. The van der Waals surface area contributed by atoms with Gasteiger partial charge in [-0.05, 0) is 24.3 Å². The van der Waals surface area contributed by atoms with Gasteiger partial charge in [0, 0.05) is 52.9 Å². The van der Waals surface area contributed by atoms with E-state index in [1.807, 2.05) is 17.0 Å². The number of rotatable bonds is 3. The van der Waals surface area contributed by atoms with E-state index in [2.05, 4.69) is 27.4 Å². The monoisotopic (exact) mass is 440 g/mol. The lowest BCUT2D eigenvalue weighted by Gasteiger charge is -2.36. The molecule has 0 aliphatic carbocycles. The fourth-order valence-electron chi connectivity index (χ4n) is 3.89. The maximum Gasteiger partial charge on any atom is 0.416 e. The number of nitrogens with zero attached hydrogens (tertiary/aromatic N) is 4. The zero-order chi connectivity index (χ0) is 21.4. The molecule has 1 fully saturated rings. The molecule has 8 heteroatoms. The Labute approximate surface area is 181 Å². The van der Waals surface area contributed by atoms with Gasteiger partial charge in [-0.2, -0.15) is 13.2 Å². The second kappa shape index (κ2) is 7.85. The molecule has 2 aromatic carbocycles. The smallest absolute Gasteiger partial charge is 0.368 e. The highest BCUT2D eigenvalue weighted by Gasteiger charge is 2.31.